The van der Waals surface area contributed by atoms with Crippen molar-refractivity contribution >= 4 is 11.8 Å². The Morgan fingerprint density at radius 3 is 2.60 bits per heavy atom. The van der Waals surface area contributed by atoms with E-state index in [0.29, 0.717) is 26.2 Å². The maximum absolute atomic E-state index is 11.0. The van der Waals surface area contributed by atoms with E-state index in [9.17, 15) is 9.59 Å². The van der Waals surface area contributed by atoms with Gasteiger partial charge in [0.05, 0.1) is 19.8 Å². The van der Waals surface area contributed by atoms with Crippen LogP contribution >= 0.6 is 0 Å². The van der Waals surface area contributed by atoms with E-state index in [2.05, 4.69) is 10.6 Å². The van der Waals surface area contributed by atoms with E-state index < -0.39 is 0 Å². The summed E-state index contributed by atoms with van der Waals surface area (Å²) in [7, 11) is 0. The Balaban J connectivity index is 3.20. The molecule has 0 aromatic carbocycles. The van der Waals surface area contributed by atoms with E-state index in [0.717, 1.165) is 0 Å². The highest BCUT2D eigenvalue weighted by Gasteiger charge is 2.00. The van der Waals surface area contributed by atoms with Crippen LogP contribution in [0.4, 0.5) is 0 Å². The van der Waals surface area contributed by atoms with Gasteiger partial charge in [-0.15, -0.1) is 0 Å². The Hall–Kier alpha value is -1.14. The molecule has 0 aromatic heterocycles. The number of ether oxygens (including phenoxy) is 1. The van der Waals surface area contributed by atoms with Crippen LogP contribution in [-0.4, -0.2) is 49.8 Å². The van der Waals surface area contributed by atoms with E-state index >= 15 is 0 Å². The molecule has 0 rings (SSSR count). The molecule has 0 heterocycles. The summed E-state index contributed by atoms with van der Waals surface area (Å²) in [5.41, 5.74) is 0. The lowest BCUT2D eigenvalue weighted by atomic mass is 10.4. The molecular weight excluding hydrogens is 200 g/mol. The van der Waals surface area contributed by atoms with Crippen LogP contribution in [0.2, 0.25) is 0 Å². The van der Waals surface area contributed by atoms with Crippen molar-refractivity contribution < 1.29 is 19.4 Å². The first-order valence-electron chi connectivity index (χ1n) is 4.86. The normalized spacial score (nSPS) is 9.73. The fourth-order valence-corrected chi connectivity index (χ4v) is 0.836. The van der Waals surface area contributed by atoms with Crippen LogP contribution in [0.3, 0.4) is 0 Å². The highest BCUT2D eigenvalue weighted by atomic mass is 16.5. The number of carbonyl (C=O) groups is 2. The largest absolute Gasteiger partial charge is 0.394 e. The summed E-state index contributed by atoms with van der Waals surface area (Å²) in [6.45, 7) is 2.70. The van der Waals surface area contributed by atoms with Gasteiger partial charge in [-0.3, -0.25) is 9.59 Å². The Labute approximate surface area is 89.0 Å². The summed E-state index contributed by atoms with van der Waals surface area (Å²) >= 11 is 0. The molecule has 0 aromatic rings. The molecule has 0 spiro atoms. The SMILES string of the molecule is CC(=O)NCC(=O)NCCCOCCO. The second-order valence-corrected chi connectivity index (χ2v) is 2.95. The molecule has 0 fully saturated rings. The van der Waals surface area contributed by atoms with E-state index in [4.69, 9.17) is 9.84 Å². The fourth-order valence-electron chi connectivity index (χ4n) is 0.836. The van der Waals surface area contributed by atoms with Gasteiger partial charge in [-0.25, -0.2) is 0 Å². The molecule has 2 amide bonds. The van der Waals surface area contributed by atoms with Crippen molar-refractivity contribution in [1.29, 1.82) is 0 Å². The van der Waals surface area contributed by atoms with Crippen LogP contribution in [0.25, 0.3) is 0 Å². The van der Waals surface area contributed by atoms with Gasteiger partial charge in [-0.2, -0.15) is 0 Å². The molecule has 6 nitrogen and oxygen atoms in total. The summed E-state index contributed by atoms with van der Waals surface area (Å²) in [5.74, 6) is -0.441. The van der Waals surface area contributed by atoms with Gasteiger partial charge in [-0.05, 0) is 6.42 Å². The molecule has 88 valence electrons. The summed E-state index contributed by atoms with van der Waals surface area (Å²) in [6.07, 6.45) is 0.686. The van der Waals surface area contributed by atoms with Gasteiger partial charge < -0.3 is 20.5 Å². The van der Waals surface area contributed by atoms with Crippen LogP contribution in [0.5, 0.6) is 0 Å². The van der Waals surface area contributed by atoms with Crippen molar-refractivity contribution in [3.8, 4) is 0 Å². The second-order valence-electron chi connectivity index (χ2n) is 2.95. The third-order valence-corrected chi connectivity index (χ3v) is 1.52. The summed E-state index contributed by atoms with van der Waals surface area (Å²) in [5, 5.41) is 13.4. The predicted molar refractivity (Wildman–Crippen MR) is 54.2 cm³/mol. The molecule has 0 aliphatic heterocycles. The number of nitrogens with one attached hydrogen (secondary N) is 2. The average molecular weight is 218 g/mol. The van der Waals surface area contributed by atoms with Gasteiger partial charge in [0.1, 0.15) is 0 Å². The lowest BCUT2D eigenvalue weighted by Gasteiger charge is -2.05. The molecule has 15 heavy (non-hydrogen) atoms. The van der Waals surface area contributed by atoms with Crippen molar-refractivity contribution in [2.45, 2.75) is 13.3 Å². The highest BCUT2D eigenvalue weighted by molar-refractivity contribution is 5.83. The monoisotopic (exact) mass is 218 g/mol. The zero-order valence-electron chi connectivity index (χ0n) is 8.91. The summed E-state index contributed by atoms with van der Waals surface area (Å²) < 4.78 is 4.99. The third-order valence-electron chi connectivity index (χ3n) is 1.52. The van der Waals surface area contributed by atoms with Crippen molar-refractivity contribution in [2.75, 3.05) is 32.9 Å². The standard InChI is InChI=1S/C9H18N2O4/c1-8(13)11-7-9(14)10-3-2-5-15-6-4-12/h12H,2-7H2,1H3,(H,10,14)(H,11,13). The molecule has 0 aliphatic rings. The number of hydrogen-bond acceptors (Lipinski definition) is 4. The molecule has 3 N–H and O–H groups in total. The van der Waals surface area contributed by atoms with Crippen molar-refractivity contribution in [1.82, 2.24) is 10.6 Å². The van der Waals surface area contributed by atoms with Gasteiger partial charge in [0, 0.05) is 20.1 Å². The number of amides is 2. The minimum Gasteiger partial charge on any atom is -0.394 e. The van der Waals surface area contributed by atoms with Crippen LogP contribution in [0.1, 0.15) is 13.3 Å². The molecule has 0 aliphatic carbocycles. The third kappa shape index (κ3) is 10.8. The van der Waals surface area contributed by atoms with Crippen molar-refractivity contribution in [2.24, 2.45) is 0 Å². The first kappa shape index (κ1) is 13.9. The van der Waals surface area contributed by atoms with Gasteiger partial charge in [0.25, 0.3) is 0 Å². The Morgan fingerprint density at radius 1 is 1.27 bits per heavy atom. The highest BCUT2D eigenvalue weighted by Crippen LogP contribution is 1.80. The van der Waals surface area contributed by atoms with Crippen LogP contribution in [0.15, 0.2) is 0 Å². The quantitative estimate of drug-likeness (QED) is 0.439. The summed E-state index contributed by atoms with van der Waals surface area (Å²) in [6, 6.07) is 0. The van der Waals surface area contributed by atoms with Gasteiger partial charge >= 0.3 is 0 Å². The molecule has 0 saturated heterocycles. The Morgan fingerprint density at radius 2 is 2.00 bits per heavy atom. The second kappa shape index (κ2) is 9.42. The zero-order chi connectivity index (χ0) is 11.5. The first-order chi connectivity index (χ1) is 7.16. The number of carbonyl (C=O) groups excluding carboxylic acids is 2. The molecule has 0 atom stereocenters. The molecule has 0 unspecified atom stereocenters. The predicted octanol–water partition coefficient (Wildman–Crippen LogP) is -1.36. The summed E-state index contributed by atoms with van der Waals surface area (Å²) in [4.78, 5) is 21.5. The average Bonchev–Trinajstić information content (AvgIpc) is 2.20. The van der Waals surface area contributed by atoms with Crippen LogP contribution in [0, 0.1) is 0 Å². The first-order valence-corrected chi connectivity index (χ1v) is 4.86. The smallest absolute Gasteiger partial charge is 0.239 e. The van der Waals surface area contributed by atoms with E-state index in [-0.39, 0.29) is 25.0 Å². The fraction of sp³-hybridized carbons (Fsp3) is 0.778. The number of rotatable bonds is 8. The van der Waals surface area contributed by atoms with Gasteiger partial charge in [0.15, 0.2) is 0 Å². The van der Waals surface area contributed by atoms with E-state index in [1.807, 2.05) is 0 Å². The number of aliphatic hydroxyl groups excluding tert-OH is 1. The molecule has 6 heteroatoms. The zero-order valence-corrected chi connectivity index (χ0v) is 8.91. The van der Waals surface area contributed by atoms with Crippen molar-refractivity contribution in [3.63, 3.8) is 0 Å². The topological polar surface area (TPSA) is 87.7 Å². The Bertz CT molecular complexity index is 197. The number of hydrogen-bond donors (Lipinski definition) is 3. The number of aliphatic hydroxyl groups is 1. The van der Waals surface area contributed by atoms with E-state index in [1.165, 1.54) is 6.92 Å². The lowest BCUT2D eigenvalue weighted by molar-refractivity contribution is -0.125. The van der Waals surface area contributed by atoms with Gasteiger partial charge in [-0.1, -0.05) is 0 Å². The van der Waals surface area contributed by atoms with Crippen molar-refractivity contribution in [3.05, 3.63) is 0 Å². The lowest BCUT2D eigenvalue weighted by Crippen LogP contribution is -2.36. The molecule has 0 radical (unpaired) electrons. The minimum atomic E-state index is -0.226. The van der Waals surface area contributed by atoms with Crippen LogP contribution < -0.4 is 10.6 Å². The van der Waals surface area contributed by atoms with Crippen LogP contribution in [-0.2, 0) is 14.3 Å². The maximum Gasteiger partial charge on any atom is 0.239 e. The molecule has 0 bridgehead atoms. The molecular formula is C9H18N2O4. The maximum atomic E-state index is 11.0. The molecule has 0 saturated carbocycles. The van der Waals surface area contributed by atoms with Gasteiger partial charge in [0.2, 0.25) is 11.8 Å². The van der Waals surface area contributed by atoms with E-state index in [1.54, 1.807) is 0 Å². The minimum absolute atomic E-state index is 0.00678. The Kier molecular flexibility index (Phi) is 8.70.